The number of amides is 1. The van der Waals surface area contributed by atoms with Crippen LogP contribution in [0.1, 0.15) is 48.9 Å². The molecule has 4 nitrogen and oxygen atoms in total. The summed E-state index contributed by atoms with van der Waals surface area (Å²) in [5.74, 6) is -0.486. The minimum atomic E-state index is -0.408. The summed E-state index contributed by atoms with van der Waals surface area (Å²) in [7, 11) is 1.34. The van der Waals surface area contributed by atoms with Crippen LogP contribution in [0, 0.1) is 0 Å². The van der Waals surface area contributed by atoms with Crippen molar-refractivity contribution < 1.29 is 14.3 Å². The van der Waals surface area contributed by atoms with Gasteiger partial charge in [-0.1, -0.05) is 75.2 Å². The third kappa shape index (κ3) is 6.84. The van der Waals surface area contributed by atoms with Gasteiger partial charge in [-0.2, -0.15) is 0 Å². The number of benzene rings is 2. The highest BCUT2D eigenvalue weighted by Crippen LogP contribution is 2.13. The molecule has 0 radical (unpaired) electrons. The minimum absolute atomic E-state index is 0.0417. The van der Waals surface area contributed by atoms with Gasteiger partial charge in [0.25, 0.3) is 0 Å². The number of methoxy groups -OCH3 is 1. The van der Waals surface area contributed by atoms with Crippen LogP contribution in [-0.4, -0.2) is 30.4 Å². The molecule has 1 amide bonds. The smallest absolute Gasteiger partial charge is 0.325 e. The van der Waals surface area contributed by atoms with Crippen molar-refractivity contribution >= 4 is 11.9 Å². The first-order valence-corrected chi connectivity index (χ1v) is 10.1. The molecule has 150 valence electrons. The quantitative estimate of drug-likeness (QED) is 0.575. The highest BCUT2D eigenvalue weighted by molar-refractivity contribution is 5.83. The number of hydrogen-bond acceptors (Lipinski definition) is 3. The minimum Gasteiger partial charge on any atom is -0.468 e. The molecule has 2 aromatic rings. The third-order valence-electron chi connectivity index (χ3n) is 4.75. The van der Waals surface area contributed by atoms with Gasteiger partial charge in [-0.3, -0.25) is 9.59 Å². The van der Waals surface area contributed by atoms with E-state index in [9.17, 15) is 9.59 Å². The Morgan fingerprint density at radius 3 is 1.71 bits per heavy atom. The van der Waals surface area contributed by atoms with E-state index in [0.29, 0.717) is 6.54 Å². The fourth-order valence-electron chi connectivity index (χ4n) is 3.17. The van der Waals surface area contributed by atoms with Crippen LogP contribution in [-0.2, 0) is 40.1 Å². The molecule has 0 spiro atoms. The molecule has 4 heteroatoms. The van der Waals surface area contributed by atoms with Crippen molar-refractivity contribution in [2.24, 2.45) is 0 Å². The molecule has 0 unspecified atom stereocenters. The summed E-state index contributed by atoms with van der Waals surface area (Å²) in [6.45, 7) is 4.66. The summed E-state index contributed by atoms with van der Waals surface area (Å²) in [5, 5.41) is 0. The van der Waals surface area contributed by atoms with Crippen LogP contribution in [0.15, 0.2) is 48.5 Å². The number of carbonyl (C=O) groups excluding carboxylic acids is 2. The van der Waals surface area contributed by atoms with Crippen LogP contribution in [0.2, 0.25) is 0 Å². The second-order valence-electron chi connectivity index (χ2n) is 7.14. The fraction of sp³-hybridized carbons (Fsp3) is 0.417. The van der Waals surface area contributed by atoms with Gasteiger partial charge in [0, 0.05) is 6.54 Å². The zero-order valence-electron chi connectivity index (χ0n) is 17.2. The largest absolute Gasteiger partial charge is 0.468 e. The molecule has 0 aliphatic heterocycles. The number of rotatable bonds is 10. The summed E-state index contributed by atoms with van der Waals surface area (Å²) in [6, 6.07) is 16.4. The van der Waals surface area contributed by atoms with E-state index >= 15 is 0 Å². The van der Waals surface area contributed by atoms with Gasteiger partial charge in [-0.15, -0.1) is 0 Å². The summed E-state index contributed by atoms with van der Waals surface area (Å²) >= 11 is 0. The standard InChI is InChI=1S/C24H31NO3/c1-4-6-19-8-12-21(13-9-19)16-23(26)25(18-24(27)28-3)17-22-14-10-20(7-5-2)11-15-22/h8-15H,4-7,16-18H2,1-3H3. The van der Waals surface area contributed by atoms with E-state index in [-0.39, 0.29) is 18.9 Å². The van der Waals surface area contributed by atoms with Gasteiger partial charge < -0.3 is 9.64 Å². The van der Waals surface area contributed by atoms with E-state index < -0.39 is 5.97 Å². The predicted molar refractivity (Wildman–Crippen MR) is 112 cm³/mol. The van der Waals surface area contributed by atoms with Crippen molar-refractivity contribution in [3.8, 4) is 0 Å². The molecule has 0 atom stereocenters. The Balaban J connectivity index is 2.07. The van der Waals surface area contributed by atoms with E-state index in [4.69, 9.17) is 4.74 Å². The molecule has 0 saturated heterocycles. The Kier molecular flexibility index (Phi) is 8.73. The van der Waals surface area contributed by atoms with Gasteiger partial charge >= 0.3 is 5.97 Å². The normalized spacial score (nSPS) is 10.5. The lowest BCUT2D eigenvalue weighted by molar-refractivity contribution is -0.147. The Bertz CT molecular complexity index is 750. The zero-order chi connectivity index (χ0) is 20.4. The second-order valence-corrected chi connectivity index (χ2v) is 7.14. The fourth-order valence-corrected chi connectivity index (χ4v) is 3.17. The first kappa shape index (κ1) is 21.7. The molecular formula is C24H31NO3. The SMILES string of the molecule is CCCc1ccc(CC(=O)N(CC(=O)OC)Cc2ccc(CCC)cc2)cc1. The molecule has 0 aromatic heterocycles. The van der Waals surface area contributed by atoms with Gasteiger partial charge in [0.2, 0.25) is 5.91 Å². The van der Waals surface area contributed by atoms with Gasteiger partial charge in [0.05, 0.1) is 13.5 Å². The van der Waals surface area contributed by atoms with Crippen LogP contribution in [0.5, 0.6) is 0 Å². The molecule has 2 rings (SSSR count). The monoisotopic (exact) mass is 381 g/mol. The van der Waals surface area contributed by atoms with Crippen molar-refractivity contribution in [2.45, 2.75) is 52.5 Å². The molecule has 0 bridgehead atoms. The van der Waals surface area contributed by atoms with Crippen molar-refractivity contribution in [2.75, 3.05) is 13.7 Å². The van der Waals surface area contributed by atoms with Crippen molar-refractivity contribution in [3.05, 3.63) is 70.8 Å². The summed E-state index contributed by atoms with van der Waals surface area (Å²) in [5.41, 5.74) is 4.52. The van der Waals surface area contributed by atoms with Gasteiger partial charge in [0.15, 0.2) is 0 Å². The lowest BCUT2D eigenvalue weighted by Gasteiger charge is -2.22. The molecule has 0 aliphatic rings. The molecule has 0 saturated carbocycles. The highest BCUT2D eigenvalue weighted by atomic mass is 16.5. The molecule has 0 heterocycles. The van der Waals surface area contributed by atoms with E-state index in [2.05, 4.69) is 38.1 Å². The Morgan fingerprint density at radius 2 is 1.25 bits per heavy atom. The number of hydrogen-bond donors (Lipinski definition) is 0. The summed E-state index contributed by atoms with van der Waals surface area (Å²) < 4.78 is 4.78. The van der Waals surface area contributed by atoms with E-state index in [1.807, 2.05) is 24.3 Å². The summed E-state index contributed by atoms with van der Waals surface area (Å²) in [4.78, 5) is 26.2. The number of esters is 1. The number of aryl methyl sites for hydroxylation is 2. The Morgan fingerprint density at radius 1 is 0.786 bits per heavy atom. The average molecular weight is 382 g/mol. The molecule has 0 fully saturated rings. The van der Waals surface area contributed by atoms with Crippen LogP contribution < -0.4 is 0 Å². The van der Waals surface area contributed by atoms with Crippen molar-refractivity contribution in [1.29, 1.82) is 0 Å². The number of carbonyl (C=O) groups is 2. The maximum Gasteiger partial charge on any atom is 0.325 e. The topological polar surface area (TPSA) is 46.6 Å². The molecule has 28 heavy (non-hydrogen) atoms. The predicted octanol–water partition coefficient (Wildman–Crippen LogP) is 4.34. The molecule has 0 aliphatic carbocycles. The van der Waals surface area contributed by atoms with Gasteiger partial charge in [-0.05, 0) is 35.1 Å². The second kappa shape index (κ2) is 11.3. The van der Waals surface area contributed by atoms with Crippen LogP contribution in [0.4, 0.5) is 0 Å². The first-order valence-electron chi connectivity index (χ1n) is 10.1. The first-order chi connectivity index (χ1) is 13.5. The van der Waals surface area contributed by atoms with E-state index in [1.165, 1.54) is 18.2 Å². The maximum absolute atomic E-state index is 12.9. The molecular weight excluding hydrogens is 350 g/mol. The number of ether oxygens (including phenoxy) is 1. The average Bonchev–Trinajstić information content (AvgIpc) is 2.70. The van der Waals surface area contributed by atoms with Crippen LogP contribution >= 0.6 is 0 Å². The van der Waals surface area contributed by atoms with Crippen molar-refractivity contribution in [1.82, 2.24) is 4.90 Å². The lowest BCUT2D eigenvalue weighted by atomic mass is 10.0. The Labute approximate surface area is 168 Å². The van der Waals surface area contributed by atoms with E-state index in [0.717, 1.165) is 36.8 Å². The lowest BCUT2D eigenvalue weighted by Crippen LogP contribution is -2.36. The summed E-state index contributed by atoms with van der Waals surface area (Å²) in [6.07, 6.45) is 4.55. The number of nitrogens with zero attached hydrogens (tertiary/aromatic N) is 1. The van der Waals surface area contributed by atoms with Crippen LogP contribution in [0.25, 0.3) is 0 Å². The van der Waals surface area contributed by atoms with Crippen molar-refractivity contribution in [3.63, 3.8) is 0 Å². The van der Waals surface area contributed by atoms with Gasteiger partial charge in [-0.25, -0.2) is 0 Å². The van der Waals surface area contributed by atoms with Gasteiger partial charge in [0.1, 0.15) is 6.54 Å². The third-order valence-corrected chi connectivity index (χ3v) is 4.75. The molecule has 0 N–H and O–H groups in total. The Hall–Kier alpha value is -2.62. The van der Waals surface area contributed by atoms with Crippen LogP contribution in [0.3, 0.4) is 0 Å². The highest BCUT2D eigenvalue weighted by Gasteiger charge is 2.18. The zero-order valence-corrected chi connectivity index (χ0v) is 17.2. The van der Waals surface area contributed by atoms with E-state index in [1.54, 1.807) is 4.90 Å². The molecule has 2 aromatic carbocycles. The maximum atomic E-state index is 12.9.